The Balaban J connectivity index is 1.69. The minimum absolute atomic E-state index is 0.317. The highest BCUT2D eigenvalue weighted by Crippen LogP contribution is 2.33. The molecule has 0 spiro atoms. The quantitative estimate of drug-likeness (QED) is 0.784. The van der Waals surface area contributed by atoms with Gasteiger partial charge in [0, 0.05) is 9.75 Å². The number of thiophene rings is 1. The first-order valence-electron chi connectivity index (χ1n) is 7.30. The van der Waals surface area contributed by atoms with Gasteiger partial charge in [-0.1, -0.05) is 23.7 Å². The lowest BCUT2D eigenvalue weighted by atomic mass is 10.3. The van der Waals surface area contributed by atoms with Gasteiger partial charge in [-0.25, -0.2) is 0 Å². The van der Waals surface area contributed by atoms with E-state index in [1.807, 2.05) is 19.1 Å². The number of anilines is 1. The Bertz CT molecular complexity index is 892. The molecule has 1 aromatic carbocycles. The van der Waals surface area contributed by atoms with Crippen LogP contribution in [0.4, 0.5) is 10.5 Å². The molecule has 0 unspecified atom stereocenters. The molecule has 3 rings (SSSR count). The minimum Gasteiger partial charge on any atom is -0.323 e. The maximum absolute atomic E-state index is 12.4. The van der Waals surface area contributed by atoms with Crippen molar-refractivity contribution in [2.75, 3.05) is 11.9 Å². The molecule has 0 bridgehead atoms. The van der Waals surface area contributed by atoms with Crippen LogP contribution >= 0.6 is 34.7 Å². The summed E-state index contributed by atoms with van der Waals surface area (Å²) in [5.74, 6) is -0.945. The van der Waals surface area contributed by atoms with Gasteiger partial charge in [-0.15, -0.1) is 11.3 Å². The van der Waals surface area contributed by atoms with Crippen LogP contribution < -0.4 is 5.32 Å². The van der Waals surface area contributed by atoms with Crippen LogP contribution in [0.25, 0.3) is 6.08 Å². The summed E-state index contributed by atoms with van der Waals surface area (Å²) in [5.41, 5.74) is 0.436. The molecule has 25 heavy (non-hydrogen) atoms. The van der Waals surface area contributed by atoms with E-state index >= 15 is 0 Å². The van der Waals surface area contributed by atoms with E-state index in [4.69, 9.17) is 11.6 Å². The number of thioether (sulfide) groups is 1. The molecule has 1 aromatic heterocycles. The first-order chi connectivity index (χ1) is 11.9. The van der Waals surface area contributed by atoms with Gasteiger partial charge < -0.3 is 5.32 Å². The zero-order valence-electron chi connectivity index (χ0n) is 13.1. The van der Waals surface area contributed by atoms with Crippen LogP contribution in [0.2, 0.25) is 5.02 Å². The summed E-state index contributed by atoms with van der Waals surface area (Å²) in [6.45, 7) is 1.61. The van der Waals surface area contributed by atoms with Crippen molar-refractivity contribution in [1.29, 1.82) is 0 Å². The fourth-order valence-electron chi connectivity index (χ4n) is 2.19. The molecule has 1 aliphatic heterocycles. The number of amides is 3. The summed E-state index contributed by atoms with van der Waals surface area (Å²) in [6.07, 6.45) is 1.68. The molecule has 1 aliphatic rings. The van der Waals surface area contributed by atoms with E-state index < -0.39 is 17.1 Å². The van der Waals surface area contributed by atoms with E-state index in [1.165, 1.54) is 11.3 Å². The zero-order valence-corrected chi connectivity index (χ0v) is 15.5. The van der Waals surface area contributed by atoms with Crippen molar-refractivity contribution in [3.05, 3.63) is 56.1 Å². The second-order valence-electron chi connectivity index (χ2n) is 5.24. The summed E-state index contributed by atoms with van der Waals surface area (Å²) in [5, 5.41) is 2.53. The summed E-state index contributed by atoms with van der Waals surface area (Å²) >= 11 is 8.35. The zero-order chi connectivity index (χ0) is 18.0. The number of para-hydroxylation sites is 1. The molecular formula is C17H13ClN2O3S2. The molecule has 8 heteroatoms. The second-order valence-corrected chi connectivity index (χ2v) is 7.96. The Morgan fingerprint density at radius 3 is 2.68 bits per heavy atom. The number of aryl methyl sites for hydroxylation is 1. The van der Waals surface area contributed by atoms with Crippen molar-refractivity contribution in [1.82, 2.24) is 4.90 Å². The van der Waals surface area contributed by atoms with Gasteiger partial charge in [-0.2, -0.15) is 0 Å². The third kappa shape index (κ3) is 4.12. The predicted octanol–water partition coefficient (Wildman–Crippen LogP) is 4.38. The highest BCUT2D eigenvalue weighted by Gasteiger charge is 2.36. The summed E-state index contributed by atoms with van der Waals surface area (Å²) in [6, 6.07) is 10.6. The third-order valence-electron chi connectivity index (χ3n) is 3.36. The van der Waals surface area contributed by atoms with Crippen molar-refractivity contribution in [3.63, 3.8) is 0 Å². The van der Waals surface area contributed by atoms with Gasteiger partial charge in [0.05, 0.1) is 15.6 Å². The largest absolute Gasteiger partial charge is 0.323 e. The van der Waals surface area contributed by atoms with Crippen LogP contribution in [0, 0.1) is 6.92 Å². The summed E-state index contributed by atoms with van der Waals surface area (Å²) < 4.78 is 0. The number of hydrogen-bond donors (Lipinski definition) is 1. The lowest BCUT2D eigenvalue weighted by molar-refractivity contribution is -0.127. The minimum atomic E-state index is -0.483. The lowest BCUT2D eigenvalue weighted by Crippen LogP contribution is -2.36. The fourth-order valence-corrected chi connectivity index (χ4v) is 4.10. The average Bonchev–Trinajstić information content (AvgIpc) is 3.08. The Hall–Kier alpha value is -2.09. The number of benzene rings is 1. The first kappa shape index (κ1) is 17.7. The monoisotopic (exact) mass is 392 g/mol. The van der Waals surface area contributed by atoms with Crippen molar-refractivity contribution >= 4 is 63.5 Å². The van der Waals surface area contributed by atoms with Gasteiger partial charge in [-0.05, 0) is 49.0 Å². The highest BCUT2D eigenvalue weighted by molar-refractivity contribution is 8.18. The van der Waals surface area contributed by atoms with Crippen LogP contribution in [0.3, 0.4) is 0 Å². The Morgan fingerprint density at radius 1 is 1.24 bits per heavy atom. The number of nitrogens with zero attached hydrogens (tertiary/aromatic N) is 1. The molecule has 2 heterocycles. The molecule has 5 nitrogen and oxygen atoms in total. The summed E-state index contributed by atoms with van der Waals surface area (Å²) in [7, 11) is 0. The van der Waals surface area contributed by atoms with Gasteiger partial charge >= 0.3 is 0 Å². The number of imide groups is 1. The van der Waals surface area contributed by atoms with Crippen LogP contribution in [-0.2, 0) is 9.59 Å². The second kappa shape index (κ2) is 7.43. The average molecular weight is 393 g/mol. The number of carbonyl (C=O) groups is 3. The van der Waals surface area contributed by atoms with Gasteiger partial charge in [0.2, 0.25) is 5.91 Å². The van der Waals surface area contributed by atoms with Crippen LogP contribution in [-0.4, -0.2) is 28.5 Å². The number of rotatable bonds is 4. The lowest BCUT2D eigenvalue weighted by Gasteiger charge is -2.13. The molecule has 2 aromatic rings. The van der Waals surface area contributed by atoms with Gasteiger partial charge in [0.25, 0.3) is 11.1 Å². The number of halogens is 1. The van der Waals surface area contributed by atoms with E-state index in [1.54, 1.807) is 30.3 Å². The number of carbonyl (C=O) groups excluding carboxylic acids is 3. The Morgan fingerprint density at radius 2 is 2.00 bits per heavy atom. The van der Waals surface area contributed by atoms with Crippen molar-refractivity contribution in [2.24, 2.45) is 0 Å². The number of nitrogens with one attached hydrogen (secondary N) is 1. The van der Waals surface area contributed by atoms with E-state index in [-0.39, 0.29) is 6.54 Å². The molecule has 0 atom stereocenters. The van der Waals surface area contributed by atoms with Crippen molar-refractivity contribution < 1.29 is 14.4 Å². The van der Waals surface area contributed by atoms with Gasteiger partial charge in [-0.3, -0.25) is 19.3 Å². The highest BCUT2D eigenvalue weighted by atomic mass is 35.5. The smallest absolute Gasteiger partial charge is 0.294 e. The maximum Gasteiger partial charge on any atom is 0.294 e. The van der Waals surface area contributed by atoms with Crippen LogP contribution in [0.1, 0.15) is 9.75 Å². The third-order valence-corrected chi connectivity index (χ3v) is 5.54. The molecule has 3 amide bonds. The first-order valence-corrected chi connectivity index (χ1v) is 9.31. The van der Waals surface area contributed by atoms with E-state index in [0.29, 0.717) is 15.6 Å². The van der Waals surface area contributed by atoms with E-state index in [2.05, 4.69) is 5.32 Å². The van der Waals surface area contributed by atoms with Gasteiger partial charge in [0.15, 0.2) is 0 Å². The Labute approximate surface area is 157 Å². The molecular weight excluding hydrogens is 380 g/mol. The maximum atomic E-state index is 12.4. The van der Waals surface area contributed by atoms with Crippen LogP contribution in [0.15, 0.2) is 41.3 Å². The predicted molar refractivity (Wildman–Crippen MR) is 102 cm³/mol. The molecule has 128 valence electrons. The van der Waals surface area contributed by atoms with Crippen molar-refractivity contribution in [2.45, 2.75) is 6.92 Å². The SMILES string of the molecule is Cc1ccc(/C=C2/SC(=O)N(CC(=O)Nc3ccccc3Cl)C2=O)s1. The topological polar surface area (TPSA) is 66.5 Å². The molecule has 1 fully saturated rings. The van der Waals surface area contributed by atoms with E-state index in [9.17, 15) is 14.4 Å². The number of hydrogen-bond acceptors (Lipinski definition) is 5. The molecule has 1 N–H and O–H groups in total. The summed E-state index contributed by atoms with van der Waals surface area (Å²) in [4.78, 5) is 39.9. The molecule has 1 saturated heterocycles. The standard InChI is InChI=1S/C17H13ClN2O3S2/c1-10-6-7-11(24-10)8-14-16(22)20(17(23)25-14)9-15(21)19-13-5-3-2-4-12(13)18/h2-8H,9H2,1H3,(H,19,21)/b14-8+. The molecule has 0 radical (unpaired) electrons. The van der Waals surface area contributed by atoms with Crippen molar-refractivity contribution in [3.8, 4) is 0 Å². The Kier molecular flexibility index (Phi) is 5.27. The fraction of sp³-hybridized carbons (Fsp3) is 0.118. The van der Waals surface area contributed by atoms with E-state index in [0.717, 1.165) is 26.4 Å². The normalized spacial score (nSPS) is 15.9. The van der Waals surface area contributed by atoms with Crippen LogP contribution in [0.5, 0.6) is 0 Å². The molecule has 0 saturated carbocycles. The molecule has 0 aliphatic carbocycles. The van der Waals surface area contributed by atoms with Gasteiger partial charge in [0.1, 0.15) is 6.54 Å².